The van der Waals surface area contributed by atoms with Gasteiger partial charge in [0, 0.05) is 10.3 Å². The molecule has 0 saturated carbocycles. The normalized spacial score (nSPS) is 16.7. The van der Waals surface area contributed by atoms with Gasteiger partial charge in [0.15, 0.2) is 6.61 Å². The van der Waals surface area contributed by atoms with Crippen molar-refractivity contribution in [2.75, 3.05) is 6.61 Å². The molecule has 23 heavy (non-hydrogen) atoms. The van der Waals surface area contributed by atoms with Gasteiger partial charge in [-0.15, -0.1) is 11.3 Å². The van der Waals surface area contributed by atoms with Crippen LogP contribution in [0, 0.1) is 5.92 Å². The molecule has 2 aromatic rings. The Morgan fingerprint density at radius 1 is 1.48 bits per heavy atom. The minimum atomic E-state index is -0.412. The summed E-state index contributed by atoms with van der Waals surface area (Å²) in [4.78, 5) is 25.2. The average Bonchev–Trinajstić information content (AvgIpc) is 3.19. The molecule has 1 atom stereocenters. The van der Waals surface area contributed by atoms with Crippen molar-refractivity contribution in [3.05, 3.63) is 45.5 Å². The third kappa shape index (κ3) is 3.82. The first-order chi connectivity index (χ1) is 11.1. The van der Waals surface area contributed by atoms with Crippen LogP contribution in [0.1, 0.15) is 39.9 Å². The summed E-state index contributed by atoms with van der Waals surface area (Å²) in [7, 11) is 0. The Morgan fingerprint density at radius 2 is 2.35 bits per heavy atom. The van der Waals surface area contributed by atoms with E-state index < -0.39 is 5.97 Å². The van der Waals surface area contributed by atoms with Crippen molar-refractivity contribution in [3.8, 4) is 0 Å². The van der Waals surface area contributed by atoms with Crippen LogP contribution in [0.15, 0.2) is 28.2 Å². The molecule has 1 N–H and O–H groups in total. The first-order valence-corrected chi connectivity index (χ1v) is 8.57. The molecule has 1 amide bonds. The Balaban J connectivity index is 1.50. The number of furan rings is 1. The molecule has 1 aliphatic rings. The number of carbonyl (C=O) groups excluding carboxylic acids is 2. The molecule has 0 saturated heterocycles. The SMILES string of the molecule is C[C@H]1CCc2c(C(=O)OCC(=O)NCc3ccco3)csc2C1. The van der Waals surface area contributed by atoms with Gasteiger partial charge in [0.2, 0.25) is 0 Å². The Hall–Kier alpha value is -2.08. The number of nitrogens with one attached hydrogen (secondary N) is 1. The van der Waals surface area contributed by atoms with E-state index in [2.05, 4.69) is 12.2 Å². The number of amides is 1. The molecule has 122 valence electrons. The summed E-state index contributed by atoms with van der Waals surface area (Å²) >= 11 is 1.61. The van der Waals surface area contributed by atoms with Gasteiger partial charge in [-0.2, -0.15) is 0 Å². The standard InChI is InChI=1S/C17H19NO4S/c1-11-4-5-13-14(10-23-15(13)7-11)17(20)22-9-16(19)18-8-12-3-2-6-21-12/h2-3,6,10-11H,4-5,7-9H2,1H3,(H,18,19)/t11-/m0/s1. The van der Waals surface area contributed by atoms with E-state index in [0.717, 1.165) is 24.8 Å². The van der Waals surface area contributed by atoms with Gasteiger partial charge in [-0.25, -0.2) is 4.79 Å². The summed E-state index contributed by atoms with van der Waals surface area (Å²) in [5, 5.41) is 4.50. The quantitative estimate of drug-likeness (QED) is 0.854. The van der Waals surface area contributed by atoms with Crippen LogP contribution in [0.4, 0.5) is 0 Å². The van der Waals surface area contributed by atoms with E-state index in [-0.39, 0.29) is 19.1 Å². The van der Waals surface area contributed by atoms with Crippen LogP contribution in [0.2, 0.25) is 0 Å². The predicted octanol–water partition coefficient (Wildman–Crippen LogP) is 2.94. The third-order valence-corrected chi connectivity index (χ3v) is 5.05. The summed E-state index contributed by atoms with van der Waals surface area (Å²) < 4.78 is 10.3. The van der Waals surface area contributed by atoms with Crippen molar-refractivity contribution in [2.24, 2.45) is 5.92 Å². The molecular weight excluding hydrogens is 314 g/mol. The van der Waals surface area contributed by atoms with Crippen LogP contribution in [0.3, 0.4) is 0 Å². The second kappa shape index (κ2) is 7.00. The van der Waals surface area contributed by atoms with Crippen molar-refractivity contribution >= 4 is 23.2 Å². The Morgan fingerprint density at radius 3 is 3.13 bits per heavy atom. The molecule has 0 spiro atoms. The number of esters is 1. The van der Waals surface area contributed by atoms with E-state index in [1.54, 1.807) is 29.7 Å². The van der Waals surface area contributed by atoms with Gasteiger partial charge in [-0.3, -0.25) is 4.79 Å². The maximum atomic E-state index is 12.2. The first-order valence-electron chi connectivity index (χ1n) is 7.69. The molecule has 0 aromatic carbocycles. The van der Waals surface area contributed by atoms with E-state index in [1.807, 2.05) is 5.38 Å². The lowest BCUT2D eigenvalue weighted by Crippen LogP contribution is -2.28. The highest BCUT2D eigenvalue weighted by Gasteiger charge is 2.24. The first kappa shape index (κ1) is 15.8. The zero-order valence-corrected chi connectivity index (χ0v) is 13.8. The van der Waals surface area contributed by atoms with Crippen molar-refractivity contribution < 1.29 is 18.7 Å². The largest absolute Gasteiger partial charge is 0.467 e. The highest BCUT2D eigenvalue weighted by molar-refractivity contribution is 7.10. The van der Waals surface area contributed by atoms with E-state index >= 15 is 0 Å². The average molecular weight is 333 g/mol. The number of rotatable bonds is 5. The van der Waals surface area contributed by atoms with Gasteiger partial charge in [0.05, 0.1) is 18.4 Å². The summed E-state index contributed by atoms with van der Waals surface area (Å²) in [6.07, 6.45) is 4.57. The second-order valence-electron chi connectivity index (χ2n) is 5.83. The Bertz CT molecular complexity index is 690. The van der Waals surface area contributed by atoms with Gasteiger partial charge in [-0.05, 0) is 42.9 Å². The molecule has 2 aromatic heterocycles. The molecular formula is C17H19NO4S. The van der Waals surface area contributed by atoms with Crippen LogP contribution in [-0.2, 0) is 28.9 Å². The van der Waals surface area contributed by atoms with Crippen LogP contribution in [0.5, 0.6) is 0 Å². The van der Waals surface area contributed by atoms with E-state index in [4.69, 9.17) is 9.15 Å². The van der Waals surface area contributed by atoms with E-state index in [9.17, 15) is 9.59 Å². The minimum Gasteiger partial charge on any atom is -0.467 e. The number of hydrogen-bond acceptors (Lipinski definition) is 5. The third-order valence-electron chi connectivity index (χ3n) is 4.00. The van der Waals surface area contributed by atoms with Gasteiger partial charge in [0.1, 0.15) is 5.76 Å². The zero-order valence-electron chi connectivity index (χ0n) is 13.0. The summed E-state index contributed by atoms with van der Waals surface area (Å²) in [5.74, 6) is 0.570. The maximum Gasteiger partial charge on any atom is 0.339 e. The minimum absolute atomic E-state index is 0.277. The number of hydrogen-bond donors (Lipinski definition) is 1. The Labute approximate surface area is 138 Å². The molecule has 6 heteroatoms. The molecule has 0 unspecified atom stereocenters. The second-order valence-corrected chi connectivity index (χ2v) is 6.80. The van der Waals surface area contributed by atoms with Crippen LogP contribution in [0.25, 0.3) is 0 Å². The lowest BCUT2D eigenvalue weighted by atomic mass is 9.88. The fourth-order valence-electron chi connectivity index (χ4n) is 2.71. The zero-order chi connectivity index (χ0) is 16.2. The molecule has 0 radical (unpaired) electrons. The van der Waals surface area contributed by atoms with Crippen LogP contribution >= 0.6 is 11.3 Å². The lowest BCUT2D eigenvalue weighted by Gasteiger charge is -2.18. The van der Waals surface area contributed by atoms with Crippen molar-refractivity contribution in [1.82, 2.24) is 5.32 Å². The molecule has 3 rings (SSSR count). The summed E-state index contributed by atoms with van der Waals surface area (Å²) in [6, 6.07) is 3.52. The molecule has 5 nitrogen and oxygen atoms in total. The number of thiophene rings is 1. The monoisotopic (exact) mass is 333 g/mol. The molecule has 2 heterocycles. The van der Waals surface area contributed by atoms with Gasteiger partial charge < -0.3 is 14.5 Å². The van der Waals surface area contributed by atoms with Gasteiger partial charge >= 0.3 is 5.97 Å². The lowest BCUT2D eigenvalue weighted by molar-refractivity contribution is -0.124. The fourth-order valence-corrected chi connectivity index (χ4v) is 3.94. The predicted molar refractivity (Wildman–Crippen MR) is 86.3 cm³/mol. The van der Waals surface area contributed by atoms with Gasteiger partial charge in [-0.1, -0.05) is 6.92 Å². The topological polar surface area (TPSA) is 68.5 Å². The summed E-state index contributed by atoms with van der Waals surface area (Å²) in [5.41, 5.74) is 1.73. The van der Waals surface area contributed by atoms with E-state index in [1.165, 1.54) is 4.88 Å². The highest BCUT2D eigenvalue weighted by atomic mass is 32.1. The Kier molecular flexibility index (Phi) is 4.81. The molecule has 1 aliphatic carbocycles. The number of carbonyl (C=O) groups is 2. The van der Waals surface area contributed by atoms with Crippen molar-refractivity contribution in [1.29, 1.82) is 0 Å². The summed E-state index contributed by atoms with van der Waals surface area (Å²) in [6.45, 7) is 2.24. The smallest absolute Gasteiger partial charge is 0.339 e. The molecule has 0 aliphatic heterocycles. The van der Waals surface area contributed by atoms with Crippen LogP contribution < -0.4 is 5.32 Å². The van der Waals surface area contributed by atoms with Gasteiger partial charge in [0.25, 0.3) is 5.91 Å². The highest BCUT2D eigenvalue weighted by Crippen LogP contribution is 2.33. The number of fused-ring (bicyclic) bond motifs is 1. The van der Waals surface area contributed by atoms with Crippen LogP contribution in [-0.4, -0.2) is 18.5 Å². The van der Waals surface area contributed by atoms with Crippen molar-refractivity contribution in [3.63, 3.8) is 0 Å². The fraction of sp³-hybridized carbons (Fsp3) is 0.412. The molecule has 0 fully saturated rings. The molecule has 0 bridgehead atoms. The number of ether oxygens (including phenoxy) is 1. The van der Waals surface area contributed by atoms with E-state index in [0.29, 0.717) is 17.2 Å². The van der Waals surface area contributed by atoms with Crippen molar-refractivity contribution in [2.45, 2.75) is 32.7 Å². The maximum absolute atomic E-state index is 12.2.